The SMILES string of the molecule is COC(=O)CC1CCCCC1NC(=O)CN1CCN(C[C@H](O)COc2ccc3sc(C)nc3c2)CC1. The van der Waals surface area contributed by atoms with Crippen molar-refractivity contribution in [1.82, 2.24) is 20.1 Å². The molecular weight excluding hydrogens is 480 g/mol. The largest absolute Gasteiger partial charge is 0.491 e. The minimum absolute atomic E-state index is 0.0194. The van der Waals surface area contributed by atoms with Gasteiger partial charge in [0, 0.05) is 44.8 Å². The van der Waals surface area contributed by atoms with Gasteiger partial charge in [-0.05, 0) is 37.8 Å². The number of aliphatic hydroxyl groups is 1. The second-order valence-electron chi connectivity index (χ2n) is 9.90. The van der Waals surface area contributed by atoms with E-state index in [1.54, 1.807) is 11.3 Å². The number of benzene rings is 1. The summed E-state index contributed by atoms with van der Waals surface area (Å²) >= 11 is 1.65. The van der Waals surface area contributed by atoms with Gasteiger partial charge in [-0.3, -0.25) is 19.4 Å². The van der Waals surface area contributed by atoms with E-state index < -0.39 is 6.10 Å². The first-order valence-corrected chi connectivity index (χ1v) is 13.7. The van der Waals surface area contributed by atoms with Crippen molar-refractivity contribution in [1.29, 1.82) is 0 Å². The molecule has 1 aliphatic carbocycles. The predicted molar refractivity (Wildman–Crippen MR) is 139 cm³/mol. The van der Waals surface area contributed by atoms with Crippen LogP contribution in [0.15, 0.2) is 18.2 Å². The number of β-amino-alcohol motifs (C(OH)–C–C–N with tert-alkyl or cyclic N) is 1. The number of methoxy groups -OCH3 is 1. The van der Waals surface area contributed by atoms with Crippen molar-refractivity contribution in [2.24, 2.45) is 5.92 Å². The van der Waals surface area contributed by atoms with Crippen LogP contribution in [0, 0.1) is 12.8 Å². The third-order valence-electron chi connectivity index (χ3n) is 7.12. The highest BCUT2D eigenvalue weighted by Gasteiger charge is 2.29. The zero-order valence-electron chi connectivity index (χ0n) is 21.3. The minimum Gasteiger partial charge on any atom is -0.491 e. The van der Waals surface area contributed by atoms with Gasteiger partial charge in [0.15, 0.2) is 0 Å². The second-order valence-corrected chi connectivity index (χ2v) is 11.1. The molecule has 2 N–H and O–H groups in total. The smallest absolute Gasteiger partial charge is 0.305 e. The van der Waals surface area contributed by atoms with Gasteiger partial charge in [0.2, 0.25) is 5.91 Å². The topological polar surface area (TPSA) is 104 Å². The summed E-state index contributed by atoms with van der Waals surface area (Å²) in [6.07, 6.45) is 3.80. The molecule has 198 valence electrons. The molecule has 4 rings (SSSR count). The van der Waals surface area contributed by atoms with Crippen molar-refractivity contribution < 1.29 is 24.2 Å². The summed E-state index contributed by atoms with van der Waals surface area (Å²) in [6, 6.07) is 5.88. The number of nitrogens with zero attached hydrogens (tertiary/aromatic N) is 3. The van der Waals surface area contributed by atoms with Crippen molar-refractivity contribution in [3.05, 3.63) is 23.2 Å². The molecule has 2 aliphatic rings. The van der Waals surface area contributed by atoms with Gasteiger partial charge in [-0.15, -0.1) is 11.3 Å². The molecule has 2 aromatic rings. The Morgan fingerprint density at radius 2 is 1.94 bits per heavy atom. The number of rotatable bonds is 10. The molecule has 36 heavy (non-hydrogen) atoms. The van der Waals surface area contributed by atoms with Crippen LogP contribution < -0.4 is 10.1 Å². The van der Waals surface area contributed by atoms with Gasteiger partial charge in [0.25, 0.3) is 0 Å². The Bertz CT molecular complexity index is 1020. The third kappa shape index (κ3) is 7.61. The van der Waals surface area contributed by atoms with Crippen LogP contribution in [-0.2, 0) is 14.3 Å². The number of ether oxygens (including phenoxy) is 2. The molecule has 1 aromatic carbocycles. The number of thiazole rings is 1. The summed E-state index contributed by atoms with van der Waals surface area (Å²) in [5, 5.41) is 14.7. The van der Waals surface area contributed by atoms with Crippen LogP contribution >= 0.6 is 11.3 Å². The molecule has 1 saturated carbocycles. The second kappa shape index (κ2) is 12.8. The lowest BCUT2D eigenvalue weighted by Crippen LogP contribution is -2.53. The fraction of sp³-hybridized carbons (Fsp3) is 0.654. The summed E-state index contributed by atoms with van der Waals surface area (Å²) in [5.74, 6) is 0.684. The van der Waals surface area contributed by atoms with E-state index in [9.17, 15) is 14.7 Å². The van der Waals surface area contributed by atoms with Crippen LogP contribution in [0.5, 0.6) is 5.75 Å². The highest BCUT2D eigenvalue weighted by molar-refractivity contribution is 7.18. The summed E-state index contributed by atoms with van der Waals surface area (Å²) in [4.78, 5) is 33.3. The Labute approximate surface area is 216 Å². The zero-order chi connectivity index (χ0) is 25.5. The quantitative estimate of drug-likeness (QED) is 0.462. The number of aromatic nitrogens is 1. The van der Waals surface area contributed by atoms with Gasteiger partial charge in [-0.2, -0.15) is 0 Å². The maximum atomic E-state index is 12.7. The van der Waals surface area contributed by atoms with Crippen LogP contribution in [0.2, 0.25) is 0 Å². The molecule has 0 radical (unpaired) electrons. The molecule has 2 fully saturated rings. The molecule has 1 aromatic heterocycles. The minimum atomic E-state index is -0.592. The zero-order valence-corrected chi connectivity index (χ0v) is 22.1. The molecule has 1 amide bonds. The van der Waals surface area contributed by atoms with E-state index in [0.29, 0.717) is 19.5 Å². The Kier molecular flexibility index (Phi) is 9.53. The van der Waals surface area contributed by atoms with Gasteiger partial charge >= 0.3 is 5.97 Å². The lowest BCUT2D eigenvalue weighted by atomic mass is 9.82. The normalized spacial score (nSPS) is 22.3. The van der Waals surface area contributed by atoms with Crippen molar-refractivity contribution in [2.45, 2.75) is 51.2 Å². The number of fused-ring (bicyclic) bond motifs is 1. The molecule has 1 aliphatic heterocycles. The lowest BCUT2D eigenvalue weighted by molar-refractivity contribution is -0.142. The van der Waals surface area contributed by atoms with E-state index in [1.807, 2.05) is 25.1 Å². The van der Waals surface area contributed by atoms with E-state index in [2.05, 4.69) is 20.1 Å². The summed E-state index contributed by atoms with van der Waals surface area (Å²) in [7, 11) is 1.41. The fourth-order valence-corrected chi connectivity index (χ4v) is 5.99. The maximum Gasteiger partial charge on any atom is 0.305 e. The number of esters is 1. The van der Waals surface area contributed by atoms with Crippen LogP contribution in [0.3, 0.4) is 0 Å². The Hall–Kier alpha value is -2.27. The lowest BCUT2D eigenvalue weighted by Gasteiger charge is -2.36. The predicted octanol–water partition coefficient (Wildman–Crippen LogP) is 2.20. The first-order valence-electron chi connectivity index (χ1n) is 12.9. The van der Waals surface area contributed by atoms with E-state index in [4.69, 9.17) is 9.47 Å². The van der Waals surface area contributed by atoms with E-state index in [1.165, 1.54) is 7.11 Å². The van der Waals surface area contributed by atoms with Crippen molar-refractivity contribution in [3.8, 4) is 5.75 Å². The number of carbonyl (C=O) groups excluding carboxylic acids is 2. The van der Waals surface area contributed by atoms with Crippen LogP contribution in [-0.4, -0.2) is 96.9 Å². The third-order valence-corrected chi connectivity index (χ3v) is 8.07. The molecule has 10 heteroatoms. The van der Waals surface area contributed by atoms with E-state index in [-0.39, 0.29) is 30.4 Å². The first-order chi connectivity index (χ1) is 17.4. The van der Waals surface area contributed by atoms with E-state index >= 15 is 0 Å². The molecule has 2 unspecified atom stereocenters. The van der Waals surface area contributed by atoms with Gasteiger partial charge in [-0.25, -0.2) is 4.98 Å². The molecule has 0 spiro atoms. The number of amides is 1. The number of aryl methyl sites for hydroxylation is 1. The van der Waals surface area contributed by atoms with Gasteiger partial charge in [0.05, 0.1) is 35.3 Å². The molecule has 0 bridgehead atoms. The summed E-state index contributed by atoms with van der Waals surface area (Å²) < 4.78 is 11.8. The van der Waals surface area contributed by atoms with Gasteiger partial charge in [0.1, 0.15) is 18.5 Å². The van der Waals surface area contributed by atoms with Crippen LogP contribution in [0.4, 0.5) is 0 Å². The monoisotopic (exact) mass is 518 g/mol. The summed E-state index contributed by atoms with van der Waals surface area (Å²) in [5.41, 5.74) is 0.923. The van der Waals surface area contributed by atoms with E-state index in [0.717, 1.165) is 72.8 Å². The molecule has 3 atom stereocenters. The average Bonchev–Trinajstić information content (AvgIpc) is 3.24. The number of aliphatic hydroxyl groups excluding tert-OH is 1. The molecule has 9 nitrogen and oxygen atoms in total. The average molecular weight is 519 g/mol. The van der Waals surface area contributed by atoms with Gasteiger partial charge < -0.3 is 19.9 Å². The first kappa shape index (κ1) is 26.8. The van der Waals surface area contributed by atoms with Crippen molar-refractivity contribution >= 4 is 33.4 Å². The number of hydrogen-bond acceptors (Lipinski definition) is 9. The number of nitrogens with one attached hydrogen (secondary N) is 1. The van der Waals surface area contributed by atoms with Gasteiger partial charge in [-0.1, -0.05) is 12.8 Å². The molecule has 2 heterocycles. The fourth-order valence-electron chi connectivity index (χ4n) is 5.18. The highest BCUT2D eigenvalue weighted by atomic mass is 32.1. The van der Waals surface area contributed by atoms with Crippen LogP contribution in [0.1, 0.15) is 37.1 Å². The highest BCUT2D eigenvalue weighted by Crippen LogP contribution is 2.28. The maximum absolute atomic E-state index is 12.7. The van der Waals surface area contributed by atoms with Crippen molar-refractivity contribution in [2.75, 3.05) is 53.0 Å². The molecule has 1 saturated heterocycles. The summed E-state index contributed by atoms with van der Waals surface area (Å²) in [6.45, 7) is 6.25. The Balaban J connectivity index is 1.15. The Morgan fingerprint density at radius 3 is 2.72 bits per heavy atom. The number of hydrogen-bond donors (Lipinski definition) is 2. The molecular formula is C26H38N4O5S. The number of carbonyl (C=O) groups is 2. The van der Waals surface area contributed by atoms with Crippen LogP contribution in [0.25, 0.3) is 10.2 Å². The number of piperazine rings is 1. The van der Waals surface area contributed by atoms with Crippen molar-refractivity contribution in [3.63, 3.8) is 0 Å². The Morgan fingerprint density at radius 1 is 1.19 bits per heavy atom. The standard InChI is InChI=1S/C26H38N4O5S/c1-18-27-23-14-21(7-8-24(23)36-18)35-17-20(31)15-29-9-11-30(12-10-29)16-25(32)28-22-6-4-3-5-19(22)13-26(33)34-2/h7-8,14,19-20,22,31H,3-6,9-13,15-17H2,1-2H3,(H,28,32)/t19?,20-,22?/m0/s1.